The lowest BCUT2D eigenvalue weighted by Crippen LogP contribution is -2.16. The molecular weight excluding hydrogens is 258 g/mol. The molecule has 1 aromatic heterocycles. The quantitative estimate of drug-likeness (QED) is 0.765. The molecule has 18 heavy (non-hydrogen) atoms. The van der Waals surface area contributed by atoms with Crippen molar-refractivity contribution in [3.63, 3.8) is 0 Å². The van der Waals surface area contributed by atoms with Crippen LogP contribution >= 0.6 is 0 Å². The van der Waals surface area contributed by atoms with Crippen molar-refractivity contribution in [3.05, 3.63) is 11.4 Å². The van der Waals surface area contributed by atoms with Crippen LogP contribution in [0.15, 0.2) is 4.90 Å². The fourth-order valence-electron chi connectivity index (χ4n) is 1.82. The molecule has 0 saturated heterocycles. The Morgan fingerprint density at radius 1 is 1.39 bits per heavy atom. The summed E-state index contributed by atoms with van der Waals surface area (Å²) in [5.41, 5.74) is 0.857. The summed E-state index contributed by atoms with van der Waals surface area (Å²) in [6, 6.07) is 0. The van der Waals surface area contributed by atoms with Gasteiger partial charge in [0.05, 0.1) is 24.4 Å². The van der Waals surface area contributed by atoms with Crippen LogP contribution in [-0.4, -0.2) is 29.3 Å². The van der Waals surface area contributed by atoms with Crippen LogP contribution in [0.25, 0.3) is 0 Å². The van der Waals surface area contributed by atoms with Gasteiger partial charge in [-0.3, -0.25) is 9.48 Å². The molecule has 7 nitrogen and oxygen atoms in total. The van der Waals surface area contributed by atoms with Crippen LogP contribution in [0, 0.1) is 0 Å². The summed E-state index contributed by atoms with van der Waals surface area (Å²) < 4.78 is 24.5. The van der Waals surface area contributed by atoms with Gasteiger partial charge in [-0.25, -0.2) is 13.6 Å². The Morgan fingerprint density at radius 3 is 2.39 bits per heavy atom. The Kier molecular flexibility index (Phi) is 4.47. The lowest BCUT2D eigenvalue weighted by Gasteiger charge is -2.05. The third kappa shape index (κ3) is 3.08. The van der Waals surface area contributed by atoms with Crippen LogP contribution in [0.3, 0.4) is 0 Å². The number of primary sulfonamides is 1. The summed E-state index contributed by atoms with van der Waals surface area (Å²) in [6.45, 7) is 3.70. The summed E-state index contributed by atoms with van der Waals surface area (Å²) in [5.74, 6) is -0.956. The molecule has 1 heterocycles. The van der Waals surface area contributed by atoms with Gasteiger partial charge in [-0.15, -0.1) is 0 Å². The fraction of sp³-hybridized carbons (Fsp3) is 0.600. The molecule has 1 aromatic rings. The fourth-order valence-corrected chi connectivity index (χ4v) is 2.92. The first-order valence-electron chi connectivity index (χ1n) is 5.64. The zero-order chi connectivity index (χ0) is 13.9. The molecular formula is C10H17N3O4S. The predicted octanol–water partition coefficient (Wildman–Crippen LogP) is 0.130. The van der Waals surface area contributed by atoms with E-state index < -0.39 is 16.0 Å². The highest BCUT2D eigenvalue weighted by molar-refractivity contribution is 7.89. The molecule has 0 aliphatic heterocycles. The summed E-state index contributed by atoms with van der Waals surface area (Å²) in [5, 5.41) is 18.0. The van der Waals surface area contributed by atoms with Crippen molar-refractivity contribution >= 4 is 16.0 Å². The second kappa shape index (κ2) is 5.49. The van der Waals surface area contributed by atoms with E-state index in [-0.39, 0.29) is 17.9 Å². The van der Waals surface area contributed by atoms with Gasteiger partial charge in [0.1, 0.15) is 4.90 Å². The van der Waals surface area contributed by atoms with Gasteiger partial charge in [-0.1, -0.05) is 13.8 Å². The van der Waals surface area contributed by atoms with Gasteiger partial charge in [-0.2, -0.15) is 5.10 Å². The maximum absolute atomic E-state index is 11.6. The predicted molar refractivity (Wildman–Crippen MR) is 64.6 cm³/mol. The third-order valence-corrected chi connectivity index (χ3v) is 3.61. The lowest BCUT2D eigenvalue weighted by molar-refractivity contribution is -0.137. The van der Waals surface area contributed by atoms with E-state index in [0.717, 1.165) is 0 Å². The highest BCUT2D eigenvalue weighted by Gasteiger charge is 2.24. The molecule has 8 heteroatoms. The molecule has 0 spiro atoms. The Balaban J connectivity index is 3.29. The van der Waals surface area contributed by atoms with E-state index in [4.69, 9.17) is 10.2 Å². The average Bonchev–Trinajstić information content (AvgIpc) is 2.63. The molecule has 3 N–H and O–H groups in total. The number of carboxylic acids is 1. The van der Waals surface area contributed by atoms with E-state index in [9.17, 15) is 13.2 Å². The van der Waals surface area contributed by atoms with Crippen LogP contribution in [0.5, 0.6) is 0 Å². The first-order chi connectivity index (χ1) is 8.31. The van der Waals surface area contributed by atoms with Crippen molar-refractivity contribution in [2.75, 3.05) is 0 Å². The van der Waals surface area contributed by atoms with E-state index in [1.165, 1.54) is 4.68 Å². The Morgan fingerprint density at radius 2 is 2.00 bits per heavy atom. The minimum atomic E-state index is -3.84. The number of hydrogen-bond acceptors (Lipinski definition) is 4. The molecule has 0 radical (unpaired) electrons. The normalized spacial score (nSPS) is 11.7. The maximum Gasteiger partial charge on any atom is 0.305 e. The molecule has 0 saturated carbocycles. The summed E-state index contributed by atoms with van der Waals surface area (Å²) in [7, 11) is -3.84. The van der Waals surface area contributed by atoms with Crippen LogP contribution < -0.4 is 5.14 Å². The van der Waals surface area contributed by atoms with Gasteiger partial charge in [-0.05, 0) is 12.8 Å². The number of carbonyl (C=O) groups is 1. The molecule has 0 fully saturated rings. The Labute approximate surface area is 106 Å². The van der Waals surface area contributed by atoms with E-state index >= 15 is 0 Å². The second-order valence-electron chi connectivity index (χ2n) is 3.84. The highest BCUT2D eigenvalue weighted by atomic mass is 32.2. The summed E-state index contributed by atoms with van der Waals surface area (Å²) >= 11 is 0. The zero-order valence-electron chi connectivity index (χ0n) is 10.4. The van der Waals surface area contributed by atoms with E-state index in [1.54, 1.807) is 13.8 Å². The van der Waals surface area contributed by atoms with Crippen molar-refractivity contribution in [2.24, 2.45) is 5.14 Å². The standard InChI is InChI=1S/C10H17N3O4S/c1-3-7-10(18(11,16)17)8(4-2)13(12-7)6-5-9(14)15/h3-6H2,1-2H3,(H,14,15)(H2,11,16,17). The van der Waals surface area contributed by atoms with Gasteiger partial charge in [0.25, 0.3) is 0 Å². The highest BCUT2D eigenvalue weighted by Crippen LogP contribution is 2.20. The minimum Gasteiger partial charge on any atom is -0.481 e. The number of aliphatic carboxylic acids is 1. The number of aromatic nitrogens is 2. The smallest absolute Gasteiger partial charge is 0.305 e. The first kappa shape index (κ1) is 14.7. The monoisotopic (exact) mass is 275 g/mol. The molecule has 0 amide bonds. The summed E-state index contributed by atoms with van der Waals surface area (Å²) in [4.78, 5) is 10.6. The van der Waals surface area contributed by atoms with Gasteiger partial charge in [0, 0.05) is 0 Å². The second-order valence-corrected chi connectivity index (χ2v) is 5.34. The van der Waals surface area contributed by atoms with Gasteiger partial charge >= 0.3 is 5.97 Å². The number of hydrogen-bond donors (Lipinski definition) is 2. The van der Waals surface area contributed by atoms with Gasteiger partial charge in [0.2, 0.25) is 10.0 Å². The number of nitrogens with two attached hydrogens (primary N) is 1. The number of sulfonamides is 1. The average molecular weight is 275 g/mol. The van der Waals surface area contributed by atoms with E-state index in [2.05, 4.69) is 5.10 Å². The van der Waals surface area contributed by atoms with Crippen molar-refractivity contribution in [1.82, 2.24) is 9.78 Å². The number of rotatable bonds is 6. The van der Waals surface area contributed by atoms with Crippen LogP contribution in [0.4, 0.5) is 0 Å². The minimum absolute atomic E-state index is 0.0397. The first-order valence-corrected chi connectivity index (χ1v) is 7.19. The topological polar surface area (TPSA) is 115 Å². The zero-order valence-corrected chi connectivity index (χ0v) is 11.2. The van der Waals surface area contributed by atoms with E-state index in [0.29, 0.717) is 24.2 Å². The molecule has 0 unspecified atom stereocenters. The molecule has 102 valence electrons. The molecule has 0 aliphatic carbocycles. The SMILES string of the molecule is CCc1nn(CCC(=O)O)c(CC)c1S(N)(=O)=O. The van der Waals surface area contributed by atoms with E-state index in [1.807, 2.05) is 0 Å². The molecule has 0 atom stereocenters. The Hall–Kier alpha value is -1.41. The lowest BCUT2D eigenvalue weighted by atomic mass is 10.2. The number of nitrogens with zero attached hydrogens (tertiary/aromatic N) is 2. The molecule has 1 rings (SSSR count). The number of carboxylic acid groups (broad SMARTS) is 1. The maximum atomic E-state index is 11.6. The van der Waals surface area contributed by atoms with Gasteiger partial charge < -0.3 is 5.11 Å². The van der Waals surface area contributed by atoms with Crippen molar-refractivity contribution < 1.29 is 18.3 Å². The van der Waals surface area contributed by atoms with Gasteiger partial charge in [0.15, 0.2) is 0 Å². The summed E-state index contributed by atoms with van der Waals surface area (Å²) in [6.07, 6.45) is 0.749. The van der Waals surface area contributed by atoms with Crippen molar-refractivity contribution in [1.29, 1.82) is 0 Å². The van der Waals surface area contributed by atoms with Crippen LogP contribution in [0.2, 0.25) is 0 Å². The third-order valence-electron chi connectivity index (χ3n) is 2.57. The largest absolute Gasteiger partial charge is 0.481 e. The number of aryl methyl sites for hydroxylation is 2. The van der Waals surface area contributed by atoms with Crippen molar-refractivity contribution in [2.45, 2.75) is 44.6 Å². The van der Waals surface area contributed by atoms with Crippen LogP contribution in [0.1, 0.15) is 31.7 Å². The molecule has 0 aliphatic rings. The Bertz CT molecular complexity index is 548. The molecule has 0 bridgehead atoms. The van der Waals surface area contributed by atoms with Crippen LogP contribution in [-0.2, 0) is 34.2 Å². The molecule has 0 aromatic carbocycles. The van der Waals surface area contributed by atoms with Crippen molar-refractivity contribution in [3.8, 4) is 0 Å².